The highest BCUT2D eigenvalue weighted by Crippen LogP contribution is 2.09. The molecule has 0 saturated carbocycles. The van der Waals surface area contributed by atoms with Crippen LogP contribution in [0, 0.1) is 0 Å². The summed E-state index contributed by atoms with van der Waals surface area (Å²) in [6.07, 6.45) is 6.78. The normalized spacial score (nSPS) is 11.9. The summed E-state index contributed by atoms with van der Waals surface area (Å²) in [5.74, 6) is 0. The van der Waals surface area contributed by atoms with E-state index in [4.69, 9.17) is 0 Å². The summed E-state index contributed by atoms with van der Waals surface area (Å²) in [5, 5.41) is 0. The minimum atomic E-state index is 0.813. The fourth-order valence-electron chi connectivity index (χ4n) is 3.70. The van der Waals surface area contributed by atoms with Gasteiger partial charge in [-0.1, -0.05) is 18.2 Å². The molecular formula is C26H37N6+. The van der Waals surface area contributed by atoms with E-state index in [0.717, 1.165) is 73.8 Å². The van der Waals surface area contributed by atoms with Crippen molar-refractivity contribution in [2.75, 3.05) is 47.3 Å². The lowest BCUT2D eigenvalue weighted by atomic mass is 10.2. The number of hydrogen-bond acceptors (Lipinski definition) is 5. The maximum Gasteiger partial charge on any atom is 0.0792 e. The van der Waals surface area contributed by atoms with Crippen LogP contribution < -0.4 is 0 Å². The third-order valence-corrected chi connectivity index (χ3v) is 5.37. The van der Waals surface area contributed by atoms with Crippen molar-refractivity contribution in [2.24, 2.45) is 0 Å². The second-order valence-corrected chi connectivity index (χ2v) is 9.32. The first-order valence-corrected chi connectivity index (χ1v) is 11.4. The molecule has 6 heteroatoms. The van der Waals surface area contributed by atoms with Crippen molar-refractivity contribution in [3.8, 4) is 0 Å². The molecule has 3 rings (SSSR count). The Balaban J connectivity index is 1.65. The van der Waals surface area contributed by atoms with Crippen LogP contribution in [0.4, 0.5) is 0 Å². The SMILES string of the molecule is C[N+](C)(C)CCCN(CCN(Cc1ccccn1)Cc1ccccn1)Cc1ccccn1. The molecule has 170 valence electrons. The Morgan fingerprint density at radius 1 is 0.594 bits per heavy atom. The molecule has 0 fully saturated rings. The van der Waals surface area contributed by atoms with Gasteiger partial charge in [-0.15, -0.1) is 0 Å². The van der Waals surface area contributed by atoms with Crippen LogP contribution in [-0.2, 0) is 19.6 Å². The number of pyridine rings is 3. The molecular weight excluding hydrogens is 396 g/mol. The van der Waals surface area contributed by atoms with Gasteiger partial charge in [0.1, 0.15) is 0 Å². The quantitative estimate of drug-likeness (QED) is 0.386. The van der Waals surface area contributed by atoms with E-state index in [2.05, 4.69) is 82.3 Å². The molecule has 0 aromatic carbocycles. The molecule has 6 nitrogen and oxygen atoms in total. The highest BCUT2D eigenvalue weighted by molar-refractivity contribution is 5.06. The predicted octanol–water partition coefficient (Wildman–Crippen LogP) is 3.47. The van der Waals surface area contributed by atoms with E-state index in [1.807, 2.05) is 36.8 Å². The summed E-state index contributed by atoms with van der Waals surface area (Å²) in [7, 11) is 6.76. The van der Waals surface area contributed by atoms with Crippen molar-refractivity contribution in [3.63, 3.8) is 0 Å². The fourth-order valence-corrected chi connectivity index (χ4v) is 3.70. The Hall–Kier alpha value is -2.67. The minimum Gasteiger partial charge on any atom is -0.331 e. The van der Waals surface area contributed by atoms with Gasteiger partial charge in [0, 0.05) is 64.3 Å². The van der Waals surface area contributed by atoms with Crippen LogP contribution in [0.2, 0.25) is 0 Å². The van der Waals surface area contributed by atoms with Crippen LogP contribution in [0.5, 0.6) is 0 Å². The van der Waals surface area contributed by atoms with Gasteiger partial charge in [0.15, 0.2) is 0 Å². The average molecular weight is 434 g/mol. The zero-order chi connectivity index (χ0) is 22.7. The highest BCUT2D eigenvalue weighted by atomic mass is 15.3. The van der Waals surface area contributed by atoms with Crippen LogP contribution in [0.15, 0.2) is 73.2 Å². The van der Waals surface area contributed by atoms with E-state index in [-0.39, 0.29) is 0 Å². The number of quaternary nitrogens is 1. The molecule has 0 saturated heterocycles. The molecule has 32 heavy (non-hydrogen) atoms. The first-order valence-electron chi connectivity index (χ1n) is 11.4. The predicted molar refractivity (Wildman–Crippen MR) is 130 cm³/mol. The van der Waals surface area contributed by atoms with Crippen molar-refractivity contribution in [1.82, 2.24) is 24.8 Å². The van der Waals surface area contributed by atoms with Gasteiger partial charge in [-0.05, 0) is 36.4 Å². The standard InChI is InChI=1S/C26H37N6/c1-32(2,3)20-10-17-30(21-24-11-4-7-14-27-24)18-19-31(22-25-12-5-8-15-28-25)23-26-13-6-9-16-29-26/h4-9,11-16H,10,17-23H2,1-3H3/q+1. The Morgan fingerprint density at radius 2 is 1.03 bits per heavy atom. The largest absolute Gasteiger partial charge is 0.331 e. The molecule has 0 radical (unpaired) electrons. The van der Waals surface area contributed by atoms with Crippen LogP contribution in [0.25, 0.3) is 0 Å². The number of nitrogens with zero attached hydrogens (tertiary/aromatic N) is 6. The van der Waals surface area contributed by atoms with Crippen LogP contribution in [-0.4, -0.2) is 76.6 Å². The summed E-state index contributed by atoms with van der Waals surface area (Å²) < 4.78 is 0.989. The van der Waals surface area contributed by atoms with Gasteiger partial charge in [-0.2, -0.15) is 0 Å². The summed E-state index contributed by atoms with van der Waals surface area (Å²) in [5.41, 5.74) is 3.30. The van der Waals surface area contributed by atoms with Crippen LogP contribution in [0.1, 0.15) is 23.5 Å². The van der Waals surface area contributed by atoms with Gasteiger partial charge in [0.25, 0.3) is 0 Å². The molecule has 0 N–H and O–H groups in total. The molecule has 0 aliphatic carbocycles. The number of hydrogen-bond donors (Lipinski definition) is 0. The molecule has 3 aromatic heterocycles. The Kier molecular flexibility index (Phi) is 9.28. The molecule has 3 heterocycles. The Bertz CT molecular complexity index is 839. The lowest BCUT2D eigenvalue weighted by Gasteiger charge is -2.29. The van der Waals surface area contributed by atoms with Gasteiger partial charge in [0.2, 0.25) is 0 Å². The third kappa shape index (κ3) is 9.22. The molecule has 0 aliphatic heterocycles. The van der Waals surface area contributed by atoms with Crippen LogP contribution in [0.3, 0.4) is 0 Å². The molecule has 0 bridgehead atoms. The maximum atomic E-state index is 4.56. The lowest BCUT2D eigenvalue weighted by Crippen LogP contribution is -2.39. The molecule has 0 unspecified atom stereocenters. The summed E-state index contributed by atoms with van der Waals surface area (Å²) in [4.78, 5) is 18.6. The smallest absolute Gasteiger partial charge is 0.0792 e. The first-order chi connectivity index (χ1) is 15.5. The van der Waals surface area contributed by atoms with Crippen molar-refractivity contribution in [2.45, 2.75) is 26.1 Å². The van der Waals surface area contributed by atoms with Gasteiger partial charge in [-0.3, -0.25) is 24.8 Å². The monoisotopic (exact) mass is 433 g/mol. The first kappa shape index (κ1) is 24.0. The van der Waals surface area contributed by atoms with Crippen molar-refractivity contribution < 1.29 is 4.48 Å². The summed E-state index contributed by atoms with van der Waals surface area (Å²) >= 11 is 0. The molecule has 0 amide bonds. The molecule has 3 aromatic rings. The van der Waals surface area contributed by atoms with E-state index >= 15 is 0 Å². The van der Waals surface area contributed by atoms with Gasteiger partial charge in [0.05, 0.1) is 44.8 Å². The van der Waals surface area contributed by atoms with Crippen LogP contribution >= 0.6 is 0 Å². The highest BCUT2D eigenvalue weighted by Gasteiger charge is 2.14. The fraction of sp³-hybridized carbons (Fsp3) is 0.423. The van der Waals surface area contributed by atoms with Gasteiger partial charge in [-0.25, -0.2) is 0 Å². The van der Waals surface area contributed by atoms with Crippen molar-refractivity contribution in [3.05, 3.63) is 90.3 Å². The Morgan fingerprint density at radius 3 is 1.44 bits per heavy atom. The summed E-state index contributed by atoms with van der Waals surface area (Å²) in [6, 6.07) is 18.4. The molecule has 0 atom stereocenters. The molecule has 0 spiro atoms. The molecule has 0 aliphatic rings. The second kappa shape index (κ2) is 12.4. The zero-order valence-electron chi connectivity index (χ0n) is 19.8. The second-order valence-electron chi connectivity index (χ2n) is 9.32. The van der Waals surface area contributed by atoms with Gasteiger partial charge < -0.3 is 4.48 Å². The van der Waals surface area contributed by atoms with E-state index in [1.165, 1.54) is 0 Å². The van der Waals surface area contributed by atoms with E-state index in [9.17, 15) is 0 Å². The summed E-state index contributed by atoms with van der Waals surface area (Å²) in [6.45, 7) is 6.65. The van der Waals surface area contributed by atoms with Crippen molar-refractivity contribution in [1.29, 1.82) is 0 Å². The zero-order valence-corrected chi connectivity index (χ0v) is 19.8. The van der Waals surface area contributed by atoms with E-state index in [0.29, 0.717) is 0 Å². The maximum absolute atomic E-state index is 4.56. The van der Waals surface area contributed by atoms with E-state index < -0.39 is 0 Å². The number of aromatic nitrogens is 3. The topological polar surface area (TPSA) is 45.2 Å². The Labute approximate surface area is 193 Å². The van der Waals surface area contributed by atoms with Gasteiger partial charge >= 0.3 is 0 Å². The lowest BCUT2D eigenvalue weighted by molar-refractivity contribution is -0.870. The third-order valence-electron chi connectivity index (χ3n) is 5.37. The number of rotatable bonds is 13. The van der Waals surface area contributed by atoms with E-state index in [1.54, 1.807) is 0 Å². The average Bonchev–Trinajstić information content (AvgIpc) is 2.78. The minimum absolute atomic E-state index is 0.813. The van der Waals surface area contributed by atoms with Crippen molar-refractivity contribution >= 4 is 0 Å².